The first-order valence-corrected chi connectivity index (χ1v) is 6.39. The highest BCUT2D eigenvalue weighted by atomic mass is 35.5. The van der Waals surface area contributed by atoms with Gasteiger partial charge in [0.25, 0.3) is 0 Å². The monoisotopic (exact) mass is 253 g/mol. The molecule has 0 radical (unpaired) electrons. The number of aromatic nitrogens is 1. The van der Waals surface area contributed by atoms with Crippen molar-refractivity contribution in [3.8, 4) is 0 Å². The summed E-state index contributed by atoms with van der Waals surface area (Å²) < 4.78 is 2.38. The third-order valence-corrected chi connectivity index (χ3v) is 3.45. The quantitative estimate of drug-likeness (QED) is 0.561. The molecule has 2 rings (SSSR count). The van der Waals surface area contributed by atoms with E-state index in [0.717, 1.165) is 12.3 Å². The van der Waals surface area contributed by atoms with Gasteiger partial charge in [0.05, 0.1) is 0 Å². The normalized spacial score (nSPS) is 10.1. The van der Waals surface area contributed by atoms with Gasteiger partial charge in [0.2, 0.25) is 10.5 Å². The van der Waals surface area contributed by atoms with Crippen molar-refractivity contribution in [2.24, 2.45) is 0 Å². The van der Waals surface area contributed by atoms with E-state index in [9.17, 15) is 0 Å². The number of hydrogen-bond donors (Lipinski definition) is 0. The summed E-state index contributed by atoms with van der Waals surface area (Å²) in [5, 5.41) is 2.68. The summed E-state index contributed by atoms with van der Waals surface area (Å²) in [6.07, 6.45) is 0. The molecule has 16 heavy (non-hydrogen) atoms. The minimum Gasteiger partial charge on any atom is -1.00 e. The lowest BCUT2D eigenvalue weighted by Gasteiger charge is -2.03. The van der Waals surface area contributed by atoms with Crippen LogP contribution in [-0.4, -0.2) is 5.75 Å². The number of para-hydroxylation sites is 1. The van der Waals surface area contributed by atoms with E-state index in [2.05, 4.69) is 54.8 Å². The second kappa shape index (κ2) is 6.12. The molecule has 0 spiro atoms. The lowest BCUT2D eigenvalue weighted by Crippen LogP contribution is -3.00. The van der Waals surface area contributed by atoms with Gasteiger partial charge >= 0.3 is 0 Å². The van der Waals surface area contributed by atoms with Crippen molar-refractivity contribution in [3.05, 3.63) is 36.4 Å². The smallest absolute Gasteiger partial charge is 0.240 e. The molecule has 86 valence electrons. The number of benzene rings is 1. The Morgan fingerprint density at radius 3 is 2.50 bits per heavy atom. The van der Waals surface area contributed by atoms with Crippen LogP contribution in [-0.2, 0) is 6.54 Å². The van der Waals surface area contributed by atoms with Crippen molar-refractivity contribution in [2.45, 2.75) is 25.4 Å². The highest BCUT2D eigenvalue weighted by Gasteiger charge is 2.12. The third-order valence-electron chi connectivity index (χ3n) is 2.51. The number of halogens is 1. The maximum atomic E-state index is 2.38. The van der Waals surface area contributed by atoms with Crippen LogP contribution in [0.25, 0.3) is 10.9 Å². The average molecular weight is 254 g/mol. The number of thioether (sulfide) groups is 1. The molecule has 1 nitrogen and oxygen atoms in total. The van der Waals surface area contributed by atoms with E-state index in [-0.39, 0.29) is 12.4 Å². The fourth-order valence-electron chi connectivity index (χ4n) is 1.84. The van der Waals surface area contributed by atoms with Crippen LogP contribution in [0.2, 0.25) is 0 Å². The Labute approximate surface area is 107 Å². The molecule has 0 aliphatic rings. The molecule has 2 aromatic rings. The van der Waals surface area contributed by atoms with Crippen LogP contribution in [0.5, 0.6) is 0 Å². The second-order valence-corrected chi connectivity index (χ2v) is 4.69. The van der Waals surface area contributed by atoms with Gasteiger partial charge in [-0.05, 0) is 19.1 Å². The summed E-state index contributed by atoms with van der Waals surface area (Å²) in [7, 11) is 0. The van der Waals surface area contributed by atoms with Gasteiger partial charge in [-0.2, -0.15) is 4.57 Å². The molecular weight excluding hydrogens is 238 g/mol. The predicted octanol–water partition coefficient (Wildman–Crippen LogP) is 0.263. The van der Waals surface area contributed by atoms with Crippen LogP contribution in [0.15, 0.2) is 41.4 Å². The van der Waals surface area contributed by atoms with Gasteiger partial charge in [-0.25, -0.2) is 0 Å². The highest BCUT2D eigenvalue weighted by Crippen LogP contribution is 2.17. The minimum atomic E-state index is 0. The molecule has 1 aromatic carbocycles. The lowest BCUT2D eigenvalue weighted by atomic mass is 10.2. The Balaban J connectivity index is 0.00000128. The van der Waals surface area contributed by atoms with E-state index >= 15 is 0 Å². The summed E-state index contributed by atoms with van der Waals surface area (Å²) in [5.74, 6) is 1.12. The van der Waals surface area contributed by atoms with Crippen LogP contribution >= 0.6 is 11.8 Å². The number of rotatable bonds is 3. The topological polar surface area (TPSA) is 3.88 Å². The van der Waals surface area contributed by atoms with Crippen molar-refractivity contribution in [1.82, 2.24) is 0 Å². The predicted molar refractivity (Wildman–Crippen MR) is 66.2 cm³/mol. The van der Waals surface area contributed by atoms with E-state index in [1.165, 1.54) is 15.9 Å². The van der Waals surface area contributed by atoms with Crippen LogP contribution in [0.4, 0.5) is 0 Å². The highest BCUT2D eigenvalue weighted by molar-refractivity contribution is 7.99. The van der Waals surface area contributed by atoms with E-state index < -0.39 is 0 Å². The minimum absolute atomic E-state index is 0. The van der Waals surface area contributed by atoms with Gasteiger partial charge < -0.3 is 12.4 Å². The molecule has 0 amide bonds. The van der Waals surface area contributed by atoms with Gasteiger partial charge in [-0.3, -0.25) is 0 Å². The first kappa shape index (κ1) is 13.3. The summed E-state index contributed by atoms with van der Waals surface area (Å²) in [4.78, 5) is 0. The van der Waals surface area contributed by atoms with Gasteiger partial charge in [-0.15, -0.1) is 0 Å². The number of nitrogens with zero attached hydrogens (tertiary/aromatic N) is 1. The molecule has 0 aliphatic carbocycles. The molecule has 0 saturated heterocycles. The van der Waals surface area contributed by atoms with Crippen LogP contribution in [0.1, 0.15) is 13.8 Å². The molecule has 0 aliphatic heterocycles. The van der Waals surface area contributed by atoms with E-state index in [1.54, 1.807) is 0 Å². The van der Waals surface area contributed by atoms with Gasteiger partial charge in [0, 0.05) is 23.3 Å². The summed E-state index contributed by atoms with van der Waals surface area (Å²) in [6, 6.07) is 13.0. The fourth-order valence-corrected chi connectivity index (χ4v) is 2.69. The Hall–Kier alpha value is -0.730. The van der Waals surface area contributed by atoms with Crippen LogP contribution < -0.4 is 17.0 Å². The average Bonchev–Trinajstić information content (AvgIpc) is 2.29. The number of pyridine rings is 1. The van der Waals surface area contributed by atoms with E-state index in [0.29, 0.717) is 0 Å². The molecule has 1 aromatic heterocycles. The molecule has 0 unspecified atom stereocenters. The van der Waals surface area contributed by atoms with Gasteiger partial charge in [0.15, 0.2) is 0 Å². The zero-order valence-electron chi connectivity index (χ0n) is 9.61. The molecule has 1 heterocycles. The lowest BCUT2D eigenvalue weighted by molar-refractivity contribution is -0.704. The maximum Gasteiger partial charge on any atom is 0.240 e. The molecule has 0 bridgehead atoms. The summed E-state index contributed by atoms with van der Waals surface area (Å²) >= 11 is 1.90. The standard InChI is InChI=1S/C13H16NS.ClH/c1-3-14-12-8-6-5-7-11(12)9-10-13(14)15-4-2;/h5-10H,3-4H2,1-2H3;1H/q+1;/p-1. The number of fused-ring (bicyclic) bond motifs is 1. The zero-order valence-corrected chi connectivity index (χ0v) is 11.2. The van der Waals surface area contributed by atoms with E-state index in [4.69, 9.17) is 0 Å². The molecule has 0 fully saturated rings. The first-order valence-electron chi connectivity index (χ1n) is 5.41. The first-order chi connectivity index (χ1) is 7.36. The molecule has 0 N–H and O–H groups in total. The SMILES string of the molecule is CCSc1ccc2ccccc2[n+]1CC.[Cl-]. The second-order valence-electron chi connectivity index (χ2n) is 3.41. The van der Waals surface area contributed by atoms with E-state index in [1.807, 2.05) is 11.8 Å². The number of aryl methyl sites for hydroxylation is 1. The Kier molecular flexibility index (Phi) is 5.10. The number of hydrogen-bond acceptors (Lipinski definition) is 1. The summed E-state index contributed by atoms with van der Waals surface area (Å²) in [5.41, 5.74) is 1.33. The van der Waals surface area contributed by atoms with Crippen molar-refractivity contribution in [1.29, 1.82) is 0 Å². The summed E-state index contributed by atoms with van der Waals surface area (Å²) in [6.45, 7) is 5.43. The fraction of sp³-hybridized carbons (Fsp3) is 0.308. The molecule has 0 atom stereocenters. The molecule has 0 saturated carbocycles. The maximum absolute atomic E-state index is 2.38. The van der Waals surface area contributed by atoms with Crippen molar-refractivity contribution >= 4 is 22.7 Å². The van der Waals surface area contributed by atoms with Crippen LogP contribution in [0.3, 0.4) is 0 Å². The third kappa shape index (κ3) is 2.50. The van der Waals surface area contributed by atoms with Crippen molar-refractivity contribution in [3.63, 3.8) is 0 Å². The Morgan fingerprint density at radius 2 is 1.81 bits per heavy atom. The van der Waals surface area contributed by atoms with Crippen molar-refractivity contribution < 1.29 is 17.0 Å². The largest absolute Gasteiger partial charge is 1.00 e. The van der Waals surface area contributed by atoms with Gasteiger partial charge in [-0.1, -0.05) is 30.8 Å². The Bertz CT molecular complexity index is 470. The van der Waals surface area contributed by atoms with Gasteiger partial charge in [0.1, 0.15) is 6.54 Å². The van der Waals surface area contributed by atoms with Crippen molar-refractivity contribution in [2.75, 3.05) is 5.75 Å². The molecular formula is C13H16ClNS. The zero-order chi connectivity index (χ0) is 10.7. The Morgan fingerprint density at radius 1 is 1.06 bits per heavy atom. The van der Waals surface area contributed by atoms with Crippen LogP contribution in [0, 0.1) is 0 Å². The molecule has 3 heteroatoms.